The minimum Gasteiger partial charge on any atom is -0.330 e. The van der Waals surface area contributed by atoms with E-state index in [1.807, 2.05) is 0 Å². The van der Waals surface area contributed by atoms with Crippen molar-refractivity contribution >= 4 is 5.91 Å². The van der Waals surface area contributed by atoms with Crippen LogP contribution in [0.3, 0.4) is 0 Å². The fourth-order valence-corrected chi connectivity index (χ4v) is 1.47. The number of hydrogen-bond donors (Lipinski definition) is 0. The number of hydrogen-bond acceptors (Lipinski definition) is 4. The Kier molecular flexibility index (Phi) is 3.15. The van der Waals surface area contributed by atoms with Gasteiger partial charge in [-0.05, 0) is 29.2 Å². The summed E-state index contributed by atoms with van der Waals surface area (Å²) in [6, 6.07) is 0. The maximum absolute atomic E-state index is 11.9. The summed E-state index contributed by atoms with van der Waals surface area (Å²) in [6.45, 7) is 1.27. The van der Waals surface area contributed by atoms with Crippen LogP contribution < -0.4 is 0 Å². The molecule has 1 saturated carbocycles. The smallest absolute Gasteiger partial charge is 0.245 e. The molecule has 16 heavy (non-hydrogen) atoms. The van der Waals surface area contributed by atoms with Crippen LogP contribution in [0.5, 0.6) is 0 Å². The van der Waals surface area contributed by atoms with E-state index in [0.717, 1.165) is 6.54 Å². The van der Waals surface area contributed by atoms with E-state index in [0.29, 0.717) is 12.5 Å². The van der Waals surface area contributed by atoms with Gasteiger partial charge in [-0.15, -0.1) is 11.5 Å². The Morgan fingerprint density at radius 1 is 1.62 bits per heavy atom. The molecule has 0 atom stereocenters. The van der Waals surface area contributed by atoms with Crippen molar-refractivity contribution in [3.8, 4) is 12.3 Å². The Balaban J connectivity index is 1.90. The number of tetrazole rings is 1. The van der Waals surface area contributed by atoms with Crippen LogP contribution in [-0.2, 0) is 11.3 Å². The first-order valence-electron chi connectivity index (χ1n) is 5.21. The third-order valence-electron chi connectivity index (χ3n) is 2.50. The second-order valence-corrected chi connectivity index (χ2v) is 3.93. The number of nitrogens with zero attached hydrogens (tertiary/aromatic N) is 5. The van der Waals surface area contributed by atoms with Crippen LogP contribution in [0, 0.1) is 18.3 Å². The molecule has 0 spiro atoms. The third-order valence-corrected chi connectivity index (χ3v) is 2.50. The van der Waals surface area contributed by atoms with Gasteiger partial charge in [0.2, 0.25) is 5.91 Å². The van der Waals surface area contributed by atoms with Crippen LogP contribution in [0.4, 0.5) is 0 Å². The zero-order valence-electron chi connectivity index (χ0n) is 8.91. The first kappa shape index (κ1) is 10.6. The first-order valence-corrected chi connectivity index (χ1v) is 5.21. The van der Waals surface area contributed by atoms with Crippen molar-refractivity contribution in [2.45, 2.75) is 19.4 Å². The van der Waals surface area contributed by atoms with Crippen molar-refractivity contribution in [3.63, 3.8) is 0 Å². The van der Waals surface area contributed by atoms with Crippen molar-refractivity contribution in [2.24, 2.45) is 5.92 Å². The molecule has 1 fully saturated rings. The van der Waals surface area contributed by atoms with Crippen molar-refractivity contribution in [1.82, 2.24) is 25.1 Å². The second-order valence-electron chi connectivity index (χ2n) is 3.93. The van der Waals surface area contributed by atoms with Gasteiger partial charge in [-0.3, -0.25) is 4.79 Å². The second kappa shape index (κ2) is 4.75. The predicted molar refractivity (Wildman–Crippen MR) is 56.0 cm³/mol. The molecule has 0 unspecified atom stereocenters. The van der Waals surface area contributed by atoms with Crippen molar-refractivity contribution in [1.29, 1.82) is 0 Å². The summed E-state index contributed by atoms with van der Waals surface area (Å²) >= 11 is 0. The molecule has 6 heteroatoms. The molecule has 0 radical (unpaired) electrons. The van der Waals surface area contributed by atoms with E-state index >= 15 is 0 Å². The summed E-state index contributed by atoms with van der Waals surface area (Å²) in [7, 11) is 0. The number of rotatable bonds is 5. The molecule has 0 aromatic carbocycles. The molecule has 0 bridgehead atoms. The minimum atomic E-state index is -0.0304. The lowest BCUT2D eigenvalue weighted by Crippen LogP contribution is -2.36. The van der Waals surface area contributed by atoms with E-state index in [2.05, 4.69) is 21.4 Å². The van der Waals surface area contributed by atoms with Crippen molar-refractivity contribution < 1.29 is 4.79 Å². The highest BCUT2D eigenvalue weighted by molar-refractivity contribution is 5.76. The fraction of sp³-hybridized carbons (Fsp3) is 0.600. The van der Waals surface area contributed by atoms with Crippen LogP contribution in [0.25, 0.3) is 0 Å². The maximum atomic E-state index is 11.9. The lowest BCUT2D eigenvalue weighted by atomic mass is 10.3. The molecule has 1 heterocycles. The zero-order valence-corrected chi connectivity index (χ0v) is 8.91. The summed E-state index contributed by atoms with van der Waals surface area (Å²) in [5.41, 5.74) is 0. The Hall–Kier alpha value is -1.90. The average Bonchev–Trinajstić information content (AvgIpc) is 2.94. The van der Waals surface area contributed by atoms with Gasteiger partial charge < -0.3 is 4.90 Å². The summed E-state index contributed by atoms with van der Waals surface area (Å²) in [5.74, 6) is 3.11. The molecule has 6 nitrogen and oxygen atoms in total. The van der Waals surface area contributed by atoms with Gasteiger partial charge in [0.05, 0.1) is 6.54 Å². The standard InChI is InChI=1S/C10H13N5O/c1-2-5-14(6-9-3-4-9)10(16)7-15-8-11-12-13-15/h1,8-9H,3-7H2. The van der Waals surface area contributed by atoms with E-state index < -0.39 is 0 Å². The van der Waals surface area contributed by atoms with Crippen molar-refractivity contribution in [2.75, 3.05) is 13.1 Å². The Labute approximate surface area is 93.6 Å². The van der Waals surface area contributed by atoms with Gasteiger partial charge in [-0.1, -0.05) is 5.92 Å². The zero-order chi connectivity index (χ0) is 11.4. The molecule has 1 aromatic rings. The molecule has 2 rings (SSSR count). The molecule has 1 aliphatic rings. The number of terminal acetylenes is 1. The highest BCUT2D eigenvalue weighted by atomic mass is 16.2. The van der Waals surface area contributed by atoms with E-state index in [1.165, 1.54) is 23.9 Å². The average molecular weight is 219 g/mol. The first-order chi connectivity index (χ1) is 7.79. The monoisotopic (exact) mass is 219 g/mol. The Morgan fingerprint density at radius 2 is 2.44 bits per heavy atom. The molecular formula is C10H13N5O. The summed E-state index contributed by atoms with van der Waals surface area (Å²) in [6.07, 6.45) is 9.05. The normalized spacial score (nSPS) is 14.4. The molecule has 1 aromatic heterocycles. The number of aromatic nitrogens is 4. The summed E-state index contributed by atoms with van der Waals surface area (Å²) in [4.78, 5) is 13.6. The number of amides is 1. The van der Waals surface area contributed by atoms with E-state index in [1.54, 1.807) is 4.90 Å². The van der Waals surface area contributed by atoms with Gasteiger partial charge in [-0.25, -0.2) is 4.68 Å². The van der Waals surface area contributed by atoms with E-state index in [9.17, 15) is 4.79 Å². The van der Waals surface area contributed by atoms with Crippen LogP contribution in [0.1, 0.15) is 12.8 Å². The molecular weight excluding hydrogens is 206 g/mol. The fourth-order valence-electron chi connectivity index (χ4n) is 1.47. The molecule has 1 amide bonds. The SMILES string of the molecule is C#CCN(CC1CC1)C(=O)Cn1cnnn1. The van der Waals surface area contributed by atoms with Crippen LogP contribution in [0.15, 0.2) is 6.33 Å². The van der Waals surface area contributed by atoms with Crippen molar-refractivity contribution in [3.05, 3.63) is 6.33 Å². The van der Waals surface area contributed by atoms with E-state index in [-0.39, 0.29) is 12.5 Å². The quantitative estimate of drug-likeness (QED) is 0.629. The Bertz CT molecular complexity index is 390. The molecule has 0 saturated heterocycles. The van der Waals surface area contributed by atoms with Gasteiger partial charge in [0.15, 0.2) is 0 Å². The van der Waals surface area contributed by atoms with Gasteiger partial charge >= 0.3 is 0 Å². The van der Waals surface area contributed by atoms with Crippen LogP contribution in [0.2, 0.25) is 0 Å². The van der Waals surface area contributed by atoms with Crippen LogP contribution in [-0.4, -0.2) is 44.1 Å². The van der Waals surface area contributed by atoms with Gasteiger partial charge in [0.1, 0.15) is 12.9 Å². The molecule has 1 aliphatic carbocycles. The summed E-state index contributed by atoms with van der Waals surface area (Å²) in [5, 5.41) is 10.6. The van der Waals surface area contributed by atoms with Gasteiger partial charge in [0.25, 0.3) is 0 Å². The number of carbonyl (C=O) groups is 1. The lowest BCUT2D eigenvalue weighted by molar-refractivity contribution is -0.131. The predicted octanol–water partition coefficient (Wildman–Crippen LogP) is -0.455. The van der Waals surface area contributed by atoms with E-state index in [4.69, 9.17) is 6.42 Å². The van der Waals surface area contributed by atoms with Gasteiger partial charge in [0, 0.05) is 6.54 Å². The molecule has 0 aliphatic heterocycles. The lowest BCUT2D eigenvalue weighted by Gasteiger charge is -2.19. The maximum Gasteiger partial charge on any atom is 0.245 e. The topological polar surface area (TPSA) is 63.9 Å². The molecule has 84 valence electrons. The Morgan fingerprint density at radius 3 is 3.00 bits per heavy atom. The third kappa shape index (κ3) is 2.79. The highest BCUT2D eigenvalue weighted by Gasteiger charge is 2.26. The summed E-state index contributed by atoms with van der Waals surface area (Å²) < 4.78 is 1.40. The number of carbonyl (C=O) groups excluding carboxylic acids is 1. The molecule has 0 N–H and O–H groups in total. The van der Waals surface area contributed by atoms with Crippen LogP contribution >= 0.6 is 0 Å². The largest absolute Gasteiger partial charge is 0.330 e. The highest BCUT2D eigenvalue weighted by Crippen LogP contribution is 2.29. The van der Waals surface area contributed by atoms with Gasteiger partial charge in [-0.2, -0.15) is 0 Å². The minimum absolute atomic E-state index is 0.0304.